The highest BCUT2D eigenvalue weighted by atomic mass is 15.7. The molecule has 0 spiro atoms. The minimum absolute atomic E-state index is 0.354. The molecule has 5 aliphatic rings. The first-order valence-corrected chi connectivity index (χ1v) is 16.9. The lowest BCUT2D eigenvalue weighted by molar-refractivity contribution is -0.232. The van der Waals surface area contributed by atoms with Gasteiger partial charge in [0.1, 0.15) is 0 Å². The second-order valence-electron chi connectivity index (χ2n) is 14.4. The molecule has 5 fully saturated rings. The zero-order chi connectivity index (χ0) is 24.8. The van der Waals surface area contributed by atoms with Crippen LogP contribution in [0.4, 0.5) is 0 Å². The quantitative estimate of drug-likeness (QED) is 0.243. The number of hydrazine groups is 1. The van der Waals surface area contributed by atoms with E-state index < -0.39 is 0 Å². The Labute approximate surface area is 225 Å². The van der Waals surface area contributed by atoms with Crippen LogP contribution in [0.25, 0.3) is 0 Å². The van der Waals surface area contributed by atoms with Gasteiger partial charge in [0.15, 0.2) is 0 Å². The molecule has 0 atom stereocenters. The van der Waals surface area contributed by atoms with Crippen LogP contribution in [-0.4, -0.2) is 50.8 Å². The maximum Gasteiger partial charge on any atom is 0.0656 e. The maximum absolute atomic E-state index is 3.17. The molecule has 0 unspecified atom stereocenters. The van der Waals surface area contributed by atoms with Crippen LogP contribution in [-0.2, 0) is 0 Å². The number of hydrogen-bond acceptors (Lipinski definition) is 3. The maximum atomic E-state index is 3.17. The monoisotopic (exact) mass is 499 g/mol. The fraction of sp³-hybridized carbons (Fsp3) is 1.00. The van der Waals surface area contributed by atoms with Crippen molar-refractivity contribution in [3.63, 3.8) is 0 Å². The van der Waals surface area contributed by atoms with E-state index >= 15 is 0 Å². The average molecular weight is 500 g/mol. The van der Waals surface area contributed by atoms with Gasteiger partial charge in [0.25, 0.3) is 0 Å². The Morgan fingerprint density at radius 2 is 0.778 bits per heavy atom. The molecule has 36 heavy (non-hydrogen) atoms. The minimum Gasteiger partial charge on any atom is -0.283 e. The second-order valence-corrected chi connectivity index (χ2v) is 14.4. The zero-order valence-corrected chi connectivity index (χ0v) is 24.5. The van der Waals surface area contributed by atoms with E-state index in [2.05, 4.69) is 28.8 Å². The van der Waals surface area contributed by atoms with Crippen molar-refractivity contribution in [3.8, 4) is 0 Å². The van der Waals surface area contributed by atoms with Gasteiger partial charge in [-0.1, -0.05) is 96.3 Å². The van der Waals surface area contributed by atoms with Crippen molar-refractivity contribution >= 4 is 0 Å². The lowest BCUT2D eigenvalue weighted by Crippen LogP contribution is -2.70. The van der Waals surface area contributed by atoms with E-state index in [0.717, 1.165) is 18.1 Å². The van der Waals surface area contributed by atoms with E-state index in [9.17, 15) is 0 Å². The molecule has 0 radical (unpaired) electrons. The van der Waals surface area contributed by atoms with E-state index in [1.807, 2.05) is 0 Å². The Balaban J connectivity index is 1.50. The average Bonchev–Trinajstić information content (AvgIpc) is 2.93. The van der Waals surface area contributed by atoms with Crippen LogP contribution in [0.5, 0.6) is 0 Å². The molecular weight excluding hydrogens is 438 g/mol. The molecule has 5 aliphatic carbocycles. The third-order valence-corrected chi connectivity index (χ3v) is 11.5. The van der Waals surface area contributed by atoms with Gasteiger partial charge in [-0.3, -0.25) is 4.90 Å². The van der Waals surface area contributed by atoms with Crippen LogP contribution in [0.2, 0.25) is 0 Å². The van der Waals surface area contributed by atoms with Crippen molar-refractivity contribution in [1.82, 2.24) is 14.9 Å². The Morgan fingerprint density at radius 1 is 0.444 bits per heavy atom. The van der Waals surface area contributed by atoms with Gasteiger partial charge in [0.05, 0.1) is 6.67 Å². The van der Waals surface area contributed by atoms with Crippen LogP contribution < -0.4 is 0 Å². The Bertz CT molecular complexity index is 589. The lowest BCUT2D eigenvalue weighted by atomic mass is 9.75. The van der Waals surface area contributed by atoms with Crippen LogP contribution in [0, 0.1) is 0 Å². The summed E-state index contributed by atoms with van der Waals surface area (Å²) in [6.45, 7) is 6.64. The molecule has 3 heteroatoms. The number of hydrogen-bond donors (Lipinski definition) is 0. The SMILES string of the molecule is CC1(N(N(CN(C2CCCCC2)C2CCCCC2)C2CCCCC2)C2(C)CCCCC2)CCCCC1. The van der Waals surface area contributed by atoms with Gasteiger partial charge in [0.2, 0.25) is 0 Å². The fourth-order valence-corrected chi connectivity index (χ4v) is 9.57. The molecule has 0 saturated heterocycles. The Kier molecular flexibility index (Phi) is 9.78. The Morgan fingerprint density at radius 3 is 1.17 bits per heavy atom. The standard InChI is InChI=1S/C33H61N3/c1-32(24-14-6-15-25-32)36(33(2)26-16-7-17-27-33)35(31-22-12-5-13-23-31)28-34(29-18-8-3-9-19-29)30-20-10-4-11-21-30/h29-31H,3-28H2,1-2H3. The molecule has 0 aromatic rings. The van der Waals surface area contributed by atoms with Gasteiger partial charge in [-0.2, -0.15) is 0 Å². The van der Waals surface area contributed by atoms with Crippen molar-refractivity contribution in [1.29, 1.82) is 0 Å². The molecule has 5 saturated carbocycles. The summed E-state index contributed by atoms with van der Waals surface area (Å²) < 4.78 is 0. The van der Waals surface area contributed by atoms with Gasteiger partial charge in [0, 0.05) is 29.2 Å². The highest BCUT2D eigenvalue weighted by Gasteiger charge is 2.49. The van der Waals surface area contributed by atoms with Crippen molar-refractivity contribution in [2.45, 2.75) is 204 Å². The summed E-state index contributed by atoms with van der Waals surface area (Å²) in [6.07, 6.45) is 36.3. The first-order valence-electron chi connectivity index (χ1n) is 16.9. The molecule has 0 aromatic carbocycles. The van der Waals surface area contributed by atoms with E-state index in [0.29, 0.717) is 11.1 Å². The molecule has 0 heterocycles. The van der Waals surface area contributed by atoms with E-state index in [1.165, 1.54) is 167 Å². The van der Waals surface area contributed by atoms with Crippen LogP contribution in [0.15, 0.2) is 0 Å². The van der Waals surface area contributed by atoms with Crippen molar-refractivity contribution in [3.05, 3.63) is 0 Å². The second kappa shape index (κ2) is 12.8. The molecule has 0 N–H and O–H groups in total. The highest BCUT2D eigenvalue weighted by Crippen LogP contribution is 2.46. The largest absolute Gasteiger partial charge is 0.283 e. The first-order chi connectivity index (χ1) is 17.6. The highest BCUT2D eigenvalue weighted by molar-refractivity contribution is 5.00. The van der Waals surface area contributed by atoms with Crippen molar-refractivity contribution < 1.29 is 0 Å². The minimum atomic E-state index is 0.354. The van der Waals surface area contributed by atoms with Crippen LogP contribution in [0.3, 0.4) is 0 Å². The van der Waals surface area contributed by atoms with Gasteiger partial charge in [-0.25, -0.2) is 10.0 Å². The topological polar surface area (TPSA) is 9.72 Å². The molecule has 0 aliphatic heterocycles. The van der Waals surface area contributed by atoms with Crippen LogP contribution in [0.1, 0.15) is 174 Å². The summed E-state index contributed by atoms with van der Waals surface area (Å²) in [4.78, 5) is 3.14. The normalized spacial score (nSPS) is 29.2. The molecule has 0 aromatic heterocycles. The lowest BCUT2D eigenvalue weighted by Gasteiger charge is -2.61. The van der Waals surface area contributed by atoms with Gasteiger partial charge in [-0.05, 0) is 78.1 Å². The first kappa shape index (κ1) is 27.4. The predicted molar refractivity (Wildman–Crippen MR) is 154 cm³/mol. The number of nitrogens with zero attached hydrogens (tertiary/aromatic N) is 3. The fourth-order valence-electron chi connectivity index (χ4n) is 9.57. The zero-order valence-electron chi connectivity index (χ0n) is 24.5. The third-order valence-electron chi connectivity index (χ3n) is 11.5. The molecular formula is C33H61N3. The molecule has 5 rings (SSSR count). The van der Waals surface area contributed by atoms with Crippen molar-refractivity contribution in [2.24, 2.45) is 0 Å². The van der Waals surface area contributed by atoms with E-state index in [4.69, 9.17) is 0 Å². The summed E-state index contributed by atoms with van der Waals surface area (Å²) >= 11 is 0. The predicted octanol–water partition coefficient (Wildman–Crippen LogP) is 9.21. The summed E-state index contributed by atoms with van der Waals surface area (Å²) in [5, 5.41) is 6.30. The van der Waals surface area contributed by atoms with E-state index in [-0.39, 0.29) is 0 Å². The molecule has 208 valence electrons. The summed E-state index contributed by atoms with van der Waals surface area (Å²) in [7, 11) is 0. The summed E-state index contributed by atoms with van der Waals surface area (Å²) in [6, 6.07) is 2.45. The smallest absolute Gasteiger partial charge is 0.0656 e. The van der Waals surface area contributed by atoms with Gasteiger partial charge in [-0.15, -0.1) is 0 Å². The van der Waals surface area contributed by atoms with Gasteiger partial charge < -0.3 is 0 Å². The summed E-state index contributed by atoms with van der Waals surface area (Å²) in [5.74, 6) is 0. The van der Waals surface area contributed by atoms with Crippen molar-refractivity contribution in [2.75, 3.05) is 6.67 Å². The van der Waals surface area contributed by atoms with E-state index in [1.54, 1.807) is 0 Å². The number of rotatable bonds is 8. The molecule has 0 bridgehead atoms. The Hall–Kier alpha value is -0.120. The molecule has 0 amide bonds. The summed E-state index contributed by atoms with van der Waals surface area (Å²) in [5.41, 5.74) is 0.708. The third kappa shape index (κ3) is 6.36. The molecule has 3 nitrogen and oxygen atoms in total. The van der Waals surface area contributed by atoms with Gasteiger partial charge >= 0.3 is 0 Å². The van der Waals surface area contributed by atoms with Crippen LogP contribution >= 0.6 is 0 Å².